The van der Waals surface area contributed by atoms with E-state index in [2.05, 4.69) is 4.98 Å². The fraction of sp³-hybridized carbons (Fsp3) is 0.333. The highest BCUT2D eigenvalue weighted by Crippen LogP contribution is 2.30. The van der Waals surface area contributed by atoms with Gasteiger partial charge in [-0.3, -0.25) is 0 Å². The van der Waals surface area contributed by atoms with Crippen LogP contribution in [0.1, 0.15) is 17.6 Å². The molecule has 15 heavy (non-hydrogen) atoms. The highest BCUT2D eigenvalue weighted by molar-refractivity contribution is 6.30. The first-order valence-corrected chi connectivity index (χ1v) is 4.36. The third kappa shape index (κ3) is 2.54. The number of halogens is 3. The number of methoxy groups -OCH3 is 1. The van der Waals surface area contributed by atoms with Crippen molar-refractivity contribution < 1.29 is 13.5 Å². The normalized spacial score (nSPS) is 10.1. The van der Waals surface area contributed by atoms with Gasteiger partial charge < -0.3 is 4.74 Å². The monoisotopic (exact) mass is 232 g/mol. The summed E-state index contributed by atoms with van der Waals surface area (Å²) in [6, 6.07) is 2.85. The second-order valence-electron chi connectivity index (χ2n) is 2.66. The minimum atomic E-state index is -2.71. The Balaban J connectivity index is 3.30. The van der Waals surface area contributed by atoms with E-state index in [4.69, 9.17) is 21.6 Å². The maximum absolute atomic E-state index is 12.6. The molecule has 6 heteroatoms. The molecule has 0 radical (unpaired) electrons. The molecule has 0 saturated heterocycles. The average Bonchev–Trinajstić information content (AvgIpc) is 2.20. The van der Waals surface area contributed by atoms with Crippen molar-refractivity contribution in [3.05, 3.63) is 22.3 Å². The maximum Gasteiger partial charge on any atom is 0.264 e. The van der Waals surface area contributed by atoms with Gasteiger partial charge in [0.25, 0.3) is 6.43 Å². The van der Waals surface area contributed by atoms with Gasteiger partial charge in [-0.2, -0.15) is 5.26 Å². The van der Waals surface area contributed by atoms with Crippen molar-refractivity contribution in [1.29, 1.82) is 5.26 Å². The summed E-state index contributed by atoms with van der Waals surface area (Å²) in [4.78, 5) is 3.71. The molecule has 1 aromatic rings. The Morgan fingerprint density at radius 3 is 2.80 bits per heavy atom. The summed E-state index contributed by atoms with van der Waals surface area (Å²) in [6.07, 6.45) is -2.90. The molecule has 0 N–H and O–H groups in total. The minimum absolute atomic E-state index is 0.0111. The Labute approximate surface area is 90.3 Å². The summed E-state index contributed by atoms with van der Waals surface area (Å²) in [6.45, 7) is 0. The van der Waals surface area contributed by atoms with Crippen LogP contribution >= 0.6 is 11.6 Å². The smallest absolute Gasteiger partial charge is 0.264 e. The summed E-state index contributed by atoms with van der Waals surface area (Å²) in [5.74, 6) is 0.0111. The largest absolute Gasteiger partial charge is 0.481 e. The lowest BCUT2D eigenvalue weighted by Crippen LogP contribution is -2.00. The van der Waals surface area contributed by atoms with Gasteiger partial charge in [0.15, 0.2) is 0 Å². The lowest BCUT2D eigenvalue weighted by molar-refractivity contribution is 0.150. The Hall–Kier alpha value is -1.41. The molecule has 0 aliphatic heterocycles. The summed E-state index contributed by atoms with van der Waals surface area (Å²) < 4.78 is 29.9. The first kappa shape index (κ1) is 11.7. The van der Waals surface area contributed by atoms with Gasteiger partial charge in [0.1, 0.15) is 5.15 Å². The predicted octanol–water partition coefficient (Wildman–Crippen LogP) is 2.75. The number of hydrogen-bond acceptors (Lipinski definition) is 3. The third-order valence-corrected chi connectivity index (χ3v) is 2.10. The molecule has 0 bridgehead atoms. The topological polar surface area (TPSA) is 45.9 Å². The van der Waals surface area contributed by atoms with Crippen LogP contribution in [0.3, 0.4) is 0 Å². The molecule has 0 saturated carbocycles. The average molecular weight is 233 g/mol. The van der Waals surface area contributed by atoms with Gasteiger partial charge in [-0.15, -0.1) is 0 Å². The minimum Gasteiger partial charge on any atom is -0.481 e. The SMILES string of the molecule is COc1cc(C(F)F)c(CC#N)c(Cl)n1. The van der Waals surface area contributed by atoms with Crippen LogP contribution in [0.25, 0.3) is 0 Å². The van der Waals surface area contributed by atoms with E-state index in [0.717, 1.165) is 6.07 Å². The molecule has 0 unspecified atom stereocenters. The summed E-state index contributed by atoms with van der Waals surface area (Å²) in [5.41, 5.74) is -0.261. The molecular formula is C9H7ClF2N2O. The van der Waals surface area contributed by atoms with Crippen molar-refractivity contribution in [3.63, 3.8) is 0 Å². The van der Waals surface area contributed by atoms with Crippen molar-refractivity contribution in [3.8, 4) is 11.9 Å². The zero-order valence-corrected chi connectivity index (χ0v) is 8.55. The van der Waals surface area contributed by atoms with Gasteiger partial charge in [0.2, 0.25) is 5.88 Å². The van der Waals surface area contributed by atoms with Crippen molar-refractivity contribution in [1.82, 2.24) is 4.98 Å². The molecule has 0 spiro atoms. The fourth-order valence-corrected chi connectivity index (χ4v) is 1.35. The predicted molar refractivity (Wildman–Crippen MR) is 50.1 cm³/mol. The molecule has 0 aromatic carbocycles. The van der Waals surface area contributed by atoms with E-state index in [0.29, 0.717) is 0 Å². The highest BCUT2D eigenvalue weighted by Gasteiger charge is 2.18. The van der Waals surface area contributed by atoms with E-state index in [1.807, 2.05) is 0 Å². The molecule has 1 heterocycles. The third-order valence-electron chi connectivity index (χ3n) is 1.78. The number of ether oxygens (including phenoxy) is 1. The van der Waals surface area contributed by atoms with Crippen molar-refractivity contribution in [2.45, 2.75) is 12.8 Å². The van der Waals surface area contributed by atoms with Crippen LogP contribution in [0, 0.1) is 11.3 Å². The quantitative estimate of drug-likeness (QED) is 0.753. The Bertz CT molecular complexity index is 404. The molecule has 0 atom stereocenters. The van der Waals surface area contributed by atoms with Crippen molar-refractivity contribution >= 4 is 11.6 Å². The Kier molecular flexibility index (Phi) is 3.81. The second-order valence-corrected chi connectivity index (χ2v) is 3.02. The van der Waals surface area contributed by atoms with E-state index in [9.17, 15) is 8.78 Å². The summed E-state index contributed by atoms with van der Waals surface area (Å²) in [7, 11) is 1.30. The van der Waals surface area contributed by atoms with Crippen molar-refractivity contribution in [2.24, 2.45) is 0 Å². The Morgan fingerprint density at radius 1 is 1.67 bits per heavy atom. The van der Waals surface area contributed by atoms with Crippen LogP contribution in [0.5, 0.6) is 5.88 Å². The van der Waals surface area contributed by atoms with Gasteiger partial charge >= 0.3 is 0 Å². The number of rotatable bonds is 3. The number of nitrogens with zero attached hydrogens (tertiary/aromatic N) is 2. The Morgan fingerprint density at radius 2 is 2.33 bits per heavy atom. The number of nitriles is 1. The van der Waals surface area contributed by atoms with E-state index >= 15 is 0 Å². The molecule has 0 fully saturated rings. The molecule has 80 valence electrons. The van der Waals surface area contributed by atoms with Crippen LogP contribution in [0.15, 0.2) is 6.07 Å². The first-order valence-electron chi connectivity index (χ1n) is 3.98. The van der Waals surface area contributed by atoms with Crippen molar-refractivity contribution in [2.75, 3.05) is 7.11 Å². The maximum atomic E-state index is 12.6. The number of pyridine rings is 1. The van der Waals surface area contributed by atoms with E-state index in [1.54, 1.807) is 6.07 Å². The standard InChI is InChI=1S/C9H7ClF2N2O/c1-15-7-4-6(9(11)12)5(2-3-13)8(10)14-7/h4,9H,2H2,1H3. The van der Waals surface area contributed by atoms with Gasteiger partial charge in [0.05, 0.1) is 19.6 Å². The number of alkyl halides is 2. The molecule has 0 amide bonds. The van der Waals surface area contributed by atoms with Crippen LogP contribution < -0.4 is 4.74 Å². The number of aromatic nitrogens is 1. The van der Waals surface area contributed by atoms with Gasteiger partial charge in [-0.1, -0.05) is 11.6 Å². The summed E-state index contributed by atoms with van der Waals surface area (Å²) in [5, 5.41) is 8.35. The van der Waals surface area contributed by atoms with Gasteiger partial charge in [-0.05, 0) is 0 Å². The van der Waals surface area contributed by atoms with Crippen LogP contribution in [0.2, 0.25) is 5.15 Å². The molecule has 1 aromatic heterocycles. The summed E-state index contributed by atoms with van der Waals surface area (Å²) >= 11 is 5.66. The zero-order chi connectivity index (χ0) is 11.4. The van der Waals surface area contributed by atoms with E-state index in [1.165, 1.54) is 7.11 Å². The molecule has 0 aliphatic carbocycles. The van der Waals surface area contributed by atoms with Gasteiger partial charge in [-0.25, -0.2) is 13.8 Å². The van der Waals surface area contributed by atoms with E-state index in [-0.39, 0.29) is 28.6 Å². The number of hydrogen-bond donors (Lipinski definition) is 0. The van der Waals surface area contributed by atoms with Crippen LogP contribution in [0.4, 0.5) is 8.78 Å². The zero-order valence-electron chi connectivity index (χ0n) is 7.80. The second kappa shape index (κ2) is 4.89. The molecule has 0 aliphatic rings. The van der Waals surface area contributed by atoms with Crippen LogP contribution in [-0.2, 0) is 6.42 Å². The van der Waals surface area contributed by atoms with E-state index < -0.39 is 6.43 Å². The molecular weight excluding hydrogens is 226 g/mol. The highest BCUT2D eigenvalue weighted by atomic mass is 35.5. The first-order chi connectivity index (χ1) is 7.10. The lowest BCUT2D eigenvalue weighted by Gasteiger charge is -2.09. The molecule has 3 nitrogen and oxygen atoms in total. The lowest BCUT2D eigenvalue weighted by atomic mass is 10.1. The van der Waals surface area contributed by atoms with Gasteiger partial charge in [0, 0.05) is 17.2 Å². The molecule has 1 rings (SSSR count). The fourth-order valence-electron chi connectivity index (χ4n) is 1.09. The van der Waals surface area contributed by atoms with Crippen LogP contribution in [-0.4, -0.2) is 12.1 Å².